The lowest BCUT2D eigenvalue weighted by atomic mass is 10.1. The maximum absolute atomic E-state index is 12.2. The van der Waals surface area contributed by atoms with Crippen molar-refractivity contribution in [1.82, 2.24) is 4.90 Å². The molecule has 0 aromatic carbocycles. The molecule has 1 saturated heterocycles. The van der Waals surface area contributed by atoms with Gasteiger partial charge < -0.3 is 10.0 Å². The van der Waals surface area contributed by atoms with Crippen LogP contribution in [0.5, 0.6) is 0 Å². The van der Waals surface area contributed by atoms with Crippen LogP contribution in [0.2, 0.25) is 0 Å². The van der Waals surface area contributed by atoms with Crippen LogP contribution in [0.3, 0.4) is 0 Å². The van der Waals surface area contributed by atoms with E-state index in [2.05, 4.69) is 0 Å². The van der Waals surface area contributed by atoms with Crippen LogP contribution in [0.25, 0.3) is 0 Å². The smallest absolute Gasteiger partial charge is 0.308 e. The van der Waals surface area contributed by atoms with Crippen LogP contribution in [0.15, 0.2) is 17.5 Å². The SMILES string of the molecule is C[C@@H](C(=O)N1CC[C@@H](C(=O)O)C1)c1cccs1. The Morgan fingerprint density at radius 2 is 2.35 bits per heavy atom. The van der Waals surface area contributed by atoms with Gasteiger partial charge in [-0.15, -0.1) is 11.3 Å². The fourth-order valence-electron chi connectivity index (χ4n) is 2.10. The van der Waals surface area contributed by atoms with Gasteiger partial charge in [-0.05, 0) is 24.8 Å². The lowest BCUT2D eigenvalue weighted by Crippen LogP contribution is -2.32. The number of carbonyl (C=O) groups excluding carboxylic acids is 1. The number of carbonyl (C=O) groups is 2. The first-order valence-electron chi connectivity index (χ1n) is 5.64. The van der Waals surface area contributed by atoms with Crippen LogP contribution in [-0.2, 0) is 9.59 Å². The molecule has 1 fully saturated rings. The molecular formula is C12H15NO3S. The molecule has 1 aromatic rings. The molecule has 2 atom stereocenters. The zero-order chi connectivity index (χ0) is 12.4. The van der Waals surface area contributed by atoms with E-state index >= 15 is 0 Å². The molecule has 2 rings (SSSR count). The topological polar surface area (TPSA) is 57.6 Å². The Balaban J connectivity index is 2.00. The molecule has 0 aliphatic carbocycles. The number of hydrogen-bond acceptors (Lipinski definition) is 3. The standard InChI is InChI=1S/C12H15NO3S/c1-8(10-3-2-6-17-10)11(14)13-5-4-9(7-13)12(15)16/h2-3,6,8-9H,4-5,7H2,1H3,(H,15,16)/t8-,9-/m1/s1. The average Bonchev–Trinajstić information content (AvgIpc) is 2.97. The van der Waals surface area contributed by atoms with Gasteiger partial charge in [-0.1, -0.05) is 6.07 Å². The van der Waals surface area contributed by atoms with E-state index in [0.717, 1.165) is 4.88 Å². The van der Waals surface area contributed by atoms with E-state index in [9.17, 15) is 9.59 Å². The maximum Gasteiger partial charge on any atom is 0.308 e. The second-order valence-corrected chi connectivity index (χ2v) is 5.32. The molecule has 1 aliphatic heterocycles. The third-order valence-electron chi connectivity index (χ3n) is 3.19. The summed E-state index contributed by atoms with van der Waals surface area (Å²) < 4.78 is 0. The van der Waals surface area contributed by atoms with Crippen molar-refractivity contribution in [3.8, 4) is 0 Å². The Labute approximate surface area is 104 Å². The highest BCUT2D eigenvalue weighted by Crippen LogP contribution is 2.26. The van der Waals surface area contributed by atoms with Gasteiger partial charge in [0.15, 0.2) is 0 Å². The minimum Gasteiger partial charge on any atom is -0.481 e. The Morgan fingerprint density at radius 1 is 1.59 bits per heavy atom. The number of carboxylic acid groups (broad SMARTS) is 1. The lowest BCUT2D eigenvalue weighted by molar-refractivity contribution is -0.141. The maximum atomic E-state index is 12.2. The zero-order valence-corrected chi connectivity index (χ0v) is 10.4. The highest BCUT2D eigenvalue weighted by molar-refractivity contribution is 7.10. The predicted molar refractivity (Wildman–Crippen MR) is 65.1 cm³/mol. The molecular weight excluding hydrogens is 238 g/mol. The van der Waals surface area contributed by atoms with E-state index in [-0.39, 0.29) is 11.8 Å². The van der Waals surface area contributed by atoms with Crippen LogP contribution in [0.1, 0.15) is 24.1 Å². The van der Waals surface area contributed by atoms with Gasteiger partial charge in [0.25, 0.3) is 0 Å². The van der Waals surface area contributed by atoms with Crippen LogP contribution in [0.4, 0.5) is 0 Å². The van der Waals surface area contributed by atoms with Gasteiger partial charge in [0, 0.05) is 18.0 Å². The molecule has 1 amide bonds. The average molecular weight is 253 g/mol. The molecule has 1 aromatic heterocycles. The van der Waals surface area contributed by atoms with E-state index < -0.39 is 11.9 Å². The van der Waals surface area contributed by atoms with Crippen LogP contribution in [0, 0.1) is 5.92 Å². The quantitative estimate of drug-likeness (QED) is 0.893. The summed E-state index contributed by atoms with van der Waals surface area (Å²) in [5.41, 5.74) is 0. The monoisotopic (exact) mass is 253 g/mol. The van der Waals surface area contributed by atoms with Crippen molar-refractivity contribution in [1.29, 1.82) is 0 Å². The van der Waals surface area contributed by atoms with Crippen LogP contribution in [-0.4, -0.2) is 35.0 Å². The van der Waals surface area contributed by atoms with E-state index in [0.29, 0.717) is 19.5 Å². The largest absolute Gasteiger partial charge is 0.481 e. The number of rotatable bonds is 3. The lowest BCUT2D eigenvalue weighted by Gasteiger charge is -2.19. The number of amides is 1. The van der Waals surface area contributed by atoms with Gasteiger partial charge >= 0.3 is 5.97 Å². The Kier molecular flexibility index (Phi) is 3.47. The van der Waals surface area contributed by atoms with Gasteiger partial charge in [-0.25, -0.2) is 0 Å². The molecule has 0 radical (unpaired) electrons. The highest BCUT2D eigenvalue weighted by atomic mass is 32.1. The summed E-state index contributed by atoms with van der Waals surface area (Å²) >= 11 is 1.56. The van der Waals surface area contributed by atoms with Crippen molar-refractivity contribution in [2.45, 2.75) is 19.3 Å². The van der Waals surface area contributed by atoms with Crippen LogP contribution >= 0.6 is 11.3 Å². The molecule has 1 aliphatic rings. The van der Waals surface area contributed by atoms with Crippen molar-refractivity contribution in [2.75, 3.05) is 13.1 Å². The second-order valence-electron chi connectivity index (χ2n) is 4.35. The summed E-state index contributed by atoms with van der Waals surface area (Å²) in [5.74, 6) is -1.32. The van der Waals surface area contributed by atoms with E-state index in [1.165, 1.54) is 0 Å². The van der Waals surface area contributed by atoms with Crippen molar-refractivity contribution < 1.29 is 14.7 Å². The second kappa shape index (κ2) is 4.87. The Morgan fingerprint density at radius 3 is 2.88 bits per heavy atom. The Bertz CT molecular complexity index is 415. The molecule has 5 heteroatoms. The Hall–Kier alpha value is -1.36. The summed E-state index contributed by atoms with van der Waals surface area (Å²) in [6, 6.07) is 3.87. The first-order chi connectivity index (χ1) is 8.09. The molecule has 0 unspecified atom stereocenters. The van der Waals surface area contributed by atoms with Crippen molar-refractivity contribution in [3.05, 3.63) is 22.4 Å². The molecule has 1 N–H and O–H groups in total. The summed E-state index contributed by atoms with van der Waals surface area (Å²) in [7, 11) is 0. The summed E-state index contributed by atoms with van der Waals surface area (Å²) in [6.45, 7) is 2.79. The number of aliphatic carboxylic acids is 1. The first kappa shape index (κ1) is 12.1. The number of hydrogen-bond donors (Lipinski definition) is 1. The fourth-order valence-corrected chi connectivity index (χ4v) is 2.87. The minimum atomic E-state index is -0.802. The normalized spacial score (nSPS) is 21.5. The van der Waals surface area contributed by atoms with E-state index in [1.807, 2.05) is 24.4 Å². The molecule has 2 heterocycles. The molecule has 0 spiro atoms. The number of likely N-dealkylation sites (tertiary alicyclic amines) is 1. The number of carboxylic acids is 1. The van der Waals surface area contributed by atoms with Gasteiger partial charge in [0.2, 0.25) is 5.91 Å². The highest BCUT2D eigenvalue weighted by Gasteiger charge is 2.33. The van der Waals surface area contributed by atoms with Gasteiger partial charge in [0.1, 0.15) is 0 Å². The minimum absolute atomic E-state index is 0.0381. The first-order valence-corrected chi connectivity index (χ1v) is 6.52. The summed E-state index contributed by atoms with van der Waals surface area (Å²) in [6.07, 6.45) is 0.568. The summed E-state index contributed by atoms with van der Waals surface area (Å²) in [4.78, 5) is 25.7. The third-order valence-corrected chi connectivity index (χ3v) is 4.24. The molecule has 17 heavy (non-hydrogen) atoms. The van der Waals surface area contributed by atoms with Gasteiger partial charge in [0.05, 0.1) is 11.8 Å². The van der Waals surface area contributed by atoms with Gasteiger partial charge in [-0.3, -0.25) is 9.59 Å². The summed E-state index contributed by atoms with van der Waals surface area (Å²) in [5, 5.41) is 10.8. The fraction of sp³-hybridized carbons (Fsp3) is 0.500. The third kappa shape index (κ3) is 2.49. The van der Waals surface area contributed by atoms with Crippen molar-refractivity contribution in [2.24, 2.45) is 5.92 Å². The molecule has 0 bridgehead atoms. The number of nitrogens with zero attached hydrogens (tertiary/aromatic N) is 1. The van der Waals surface area contributed by atoms with Crippen molar-refractivity contribution in [3.63, 3.8) is 0 Å². The predicted octanol–water partition coefficient (Wildman–Crippen LogP) is 1.78. The van der Waals surface area contributed by atoms with E-state index in [1.54, 1.807) is 16.2 Å². The van der Waals surface area contributed by atoms with Crippen LogP contribution < -0.4 is 0 Å². The van der Waals surface area contributed by atoms with Crippen molar-refractivity contribution >= 4 is 23.2 Å². The molecule has 92 valence electrons. The number of thiophene rings is 1. The molecule has 0 saturated carbocycles. The van der Waals surface area contributed by atoms with E-state index in [4.69, 9.17) is 5.11 Å². The molecule has 4 nitrogen and oxygen atoms in total. The van der Waals surface area contributed by atoms with Gasteiger partial charge in [-0.2, -0.15) is 0 Å². The zero-order valence-electron chi connectivity index (χ0n) is 9.63.